The van der Waals surface area contributed by atoms with Crippen LogP contribution in [0.3, 0.4) is 0 Å². The van der Waals surface area contributed by atoms with Crippen LogP contribution in [0.5, 0.6) is 0 Å². The molecule has 6 aromatic rings. The first kappa shape index (κ1) is 31.8. The molecule has 0 heterocycles. The maximum absolute atomic E-state index is 12.6. The van der Waals surface area contributed by atoms with Gasteiger partial charge in [-0.15, -0.1) is 0 Å². The average Bonchev–Trinajstić information content (AvgIpc) is 3.40. The molecule has 6 aromatic carbocycles. The van der Waals surface area contributed by atoms with Gasteiger partial charge in [-0.1, -0.05) is 134 Å². The van der Waals surface area contributed by atoms with E-state index in [1.54, 1.807) is 13.8 Å². The Morgan fingerprint density at radius 1 is 0.510 bits per heavy atom. The van der Waals surface area contributed by atoms with Crippen LogP contribution in [-0.4, -0.2) is 25.2 Å². The van der Waals surface area contributed by atoms with Crippen LogP contribution in [0, 0.1) is 0 Å². The number of hydrogen-bond acceptors (Lipinski definition) is 4. The summed E-state index contributed by atoms with van der Waals surface area (Å²) in [6.07, 6.45) is 0.989. The van der Waals surface area contributed by atoms with Crippen molar-refractivity contribution in [3.05, 3.63) is 157 Å². The molecular weight excluding hydrogens is 604 g/mol. The van der Waals surface area contributed by atoms with Gasteiger partial charge in [0.15, 0.2) is 0 Å². The van der Waals surface area contributed by atoms with Crippen LogP contribution in [0.4, 0.5) is 0 Å². The summed E-state index contributed by atoms with van der Waals surface area (Å²) in [6.45, 7) is 11.2. The zero-order valence-corrected chi connectivity index (χ0v) is 27.9. The van der Waals surface area contributed by atoms with Gasteiger partial charge >= 0.3 is 11.9 Å². The lowest BCUT2D eigenvalue weighted by atomic mass is 9.72. The Balaban J connectivity index is 1.52. The maximum atomic E-state index is 12.6. The van der Waals surface area contributed by atoms with Crippen molar-refractivity contribution < 1.29 is 19.1 Å². The second-order valence-corrected chi connectivity index (χ2v) is 12.9. The number of carbonyl (C=O) groups excluding carboxylic acids is 2. The average molecular weight is 643 g/mol. The molecule has 0 bridgehead atoms. The molecule has 0 aromatic heterocycles. The molecule has 4 nitrogen and oxygen atoms in total. The van der Waals surface area contributed by atoms with E-state index in [1.807, 2.05) is 0 Å². The summed E-state index contributed by atoms with van der Waals surface area (Å²) in [5, 5.41) is 4.68. The minimum absolute atomic E-state index is 0.177. The predicted octanol–water partition coefficient (Wildman–Crippen LogP) is 10.6. The van der Waals surface area contributed by atoms with E-state index in [0.29, 0.717) is 24.0 Å². The van der Waals surface area contributed by atoms with Gasteiger partial charge < -0.3 is 9.47 Å². The number of rotatable bonds is 10. The van der Waals surface area contributed by atoms with Gasteiger partial charge in [0.05, 0.1) is 13.2 Å². The van der Waals surface area contributed by atoms with Gasteiger partial charge in [0.1, 0.15) is 0 Å². The highest BCUT2D eigenvalue weighted by molar-refractivity contribution is 6.08. The van der Waals surface area contributed by atoms with Crippen molar-refractivity contribution in [1.82, 2.24) is 0 Å². The van der Waals surface area contributed by atoms with Crippen LogP contribution < -0.4 is 0 Å². The van der Waals surface area contributed by atoms with E-state index >= 15 is 0 Å². The van der Waals surface area contributed by atoms with Gasteiger partial charge in [0.25, 0.3) is 0 Å². The molecule has 1 aliphatic carbocycles. The van der Waals surface area contributed by atoms with Crippen LogP contribution in [0.1, 0.15) is 37.8 Å². The van der Waals surface area contributed by atoms with Gasteiger partial charge in [-0.25, -0.2) is 9.59 Å². The van der Waals surface area contributed by atoms with Gasteiger partial charge in [0, 0.05) is 16.6 Å². The highest BCUT2D eigenvalue weighted by Crippen LogP contribution is 2.58. The molecule has 0 aliphatic heterocycles. The Labute approximate surface area is 287 Å². The van der Waals surface area contributed by atoms with Crippen molar-refractivity contribution in [2.75, 3.05) is 13.2 Å². The van der Waals surface area contributed by atoms with Gasteiger partial charge in [-0.3, -0.25) is 0 Å². The molecule has 1 aliphatic rings. The second-order valence-electron chi connectivity index (χ2n) is 12.9. The molecule has 0 unspecified atom stereocenters. The lowest BCUT2D eigenvalue weighted by Crippen LogP contribution is -2.30. The number of carbonyl (C=O) groups is 2. The van der Waals surface area contributed by atoms with Gasteiger partial charge in [-0.05, 0) is 92.7 Å². The first-order valence-corrected chi connectivity index (χ1v) is 16.7. The summed E-state index contributed by atoms with van der Waals surface area (Å²) in [6, 6.07) is 42.9. The van der Waals surface area contributed by atoms with Crippen molar-refractivity contribution in [3.63, 3.8) is 0 Å². The summed E-state index contributed by atoms with van der Waals surface area (Å²) in [5.41, 5.74) is 9.17. The smallest absolute Gasteiger partial charge is 0.333 e. The van der Waals surface area contributed by atoms with Crippen LogP contribution in [-0.2, 0) is 24.5 Å². The molecule has 0 N–H and O–H groups in total. The molecule has 242 valence electrons. The molecule has 0 amide bonds. The van der Waals surface area contributed by atoms with Crippen LogP contribution in [0.25, 0.3) is 54.9 Å². The zero-order chi connectivity index (χ0) is 34.1. The van der Waals surface area contributed by atoms with Crippen LogP contribution in [0.15, 0.2) is 146 Å². The fourth-order valence-electron chi connectivity index (χ4n) is 7.50. The fraction of sp³-hybridized carbons (Fsp3) is 0.156. The van der Waals surface area contributed by atoms with Crippen molar-refractivity contribution in [1.29, 1.82) is 0 Å². The highest BCUT2D eigenvalue weighted by Gasteiger charge is 2.45. The second kappa shape index (κ2) is 13.0. The normalized spacial score (nSPS) is 12.7. The lowest BCUT2D eigenvalue weighted by molar-refractivity contribution is -0.139. The Kier molecular flexibility index (Phi) is 8.48. The SMILES string of the molecule is C=C(C)C(=O)OCCC1(CCOC(=O)C(=C)C)c2cccc(-c3cccc4ccccc34)c2-c2c(-c3cccc4ccccc34)cccc21. The standard InChI is InChI=1S/C45H38O4/c1-29(2)43(46)48-27-25-45(26-28-49-44(47)30(3)4)39-23-11-21-37(35-19-9-15-31-13-5-7-17-33(31)35)41(39)42-38(22-12-24-40(42)45)36-20-10-16-32-14-6-8-18-34(32)36/h5-24H,1,3,25-28H2,2,4H3. The third-order valence-electron chi connectivity index (χ3n) is 9.79. The van der Waals surface area contributed by atoms with Crippen molar-refractivity contribution in [2.24, 2.45) is 0 Å². The molecule has 49 heavy (non-hydrogen) atoms. The van der Waals surface area contributed by atoms with Crippen LogP contribution in [0.2, 0.25) is 0 Å². The molecule has 0 spiro atoms. The molecule has 0 radical (unpaired) electrons. The maximum Gasteiger partial charge on any atom is 0.333 e. The lowest BCUT2D eigenvalue weighted by Gasteiger charge is -2.32. The Hall–Kier alpha value is -5.74. The summed E-state index contributed by atoms with van der Waals surface area (Å²) >= 11 is 0. The summed E-state index contributed by atoms with van der Waals surface area (Å²) in [7, 11) is 0. The molecule has 4 heteroatoms. The number of fused-ring (bicyclic) bond motifs is 5. The van der Waals surface area contributed by atoms with E-state index in [0.717, 1.165) is 44.5 Å². The van der Waals surface area contributed by atoms with Crippen molar-refractivity contribution in [3.8, 4) is 33.4 Å². The molecule has 0 saturated heterocycles. The minimum Gasteiger partial charge on any atom is -0.462 e. The Morgan fingerprint density at radius 2 is 0.878 bits per heavy atom. The monoisotopic (exact) mass is 642 g/mol. The molecule has 0 atom stereocenters. The molecule has 7 rings (SSSR count). The minimum atomic E-state index is -0.628. The van der Waals surface area contributed by atoms with Gasteiger partial charge in [0.2, 0.25) is 0 Å². The van der Waals surface area contributed by atoms with Crippen LogP contribution >= 0.6 is 0 Å². The highest BCUT2D eigenvalue weighted by atomic mass is 16.5. The van der Waals surface area contributed by atoms with E-state index in [4.69, 9.17) is 9.47 Å². The quantitative estimate of drug-likeness (QED) is 0.110. The molecule has 0 saturated carbocycles. The van der Waals surface area contributed by atoms with Crippen molar-refractivity contribution in [2.45, 2.75) is 32.1 Å². The van der Waals surface area contributed by atoms with E-state index in [9.17, 15) is 9.59 Å². The Bertz CT molecular complexity index is 2120. The third kappa shape index (κ3) is 5.63. The number of ether oxygens (including phenoxy) is 2. The predicted molar refractivity (Wildman–Crippen MR) is 199 cm³/mol. The number of hydrogen-bond donors (Lipinski definition) is 0. The largest absolute Gasteiger partial charge is 0.462 e. The van der Waals surface area contributed by atoms with Crippen molar-refractivity contribution >= 4 is 33.5 Å². The summed E-state index contributed by atoms with van der Waals surface area (Å²) in [5.74, 6) is -0.840. The van der Waals surface area contributed by atoms with Gasteiger partial charge in [-0.2, -0.15) is 0 Å². The molecular formula is C45H38O4. The summed E-state index contributed by atoms with van der Waals surface area (Å²) < 4.78 is 11.5. The van der Waals surface area contributed by atoms with E-state index in [-0.39, 0.29) is 13.2 Å². The number of benzene rings is 6. The Morgan fingerprint density at radius 3 is 1.31 bits per heavy atom. The van der Waals surface area contributed by atoms with E-state index in [1.165, 1.54) is 21.5 Å². The topological polar surface area (TPSA) is 52.6 Å². The first-order valence-electron chi connectivity index (χ1n) is 16.7. The summed E-state index contributed by atoms with van der Waals surface area (Å²) in [4.78, 5) is 25.2. The van der Waals surface area contributed by atoms with E-state index < -0.39 is 17.4 Å². The zero-order valence-electron chi connectivity index (χ0n) is 27.9. The van der Waals surface area contributed by atoms with E-state index in [2.05, 4.69) is 134 Å². The fourth-order valence-corrected chi connectivity index (χ4v) is 7.50. The third-order valence-corrected chi connectivity index (χ3v) is 9.79. The number of esters is 2. The molecule has 0 fully saturated rings. The first-order chi connectivity index (χ1) is 23.8.